The van der Waals surface area contributed by atoms with Crippen LogP contribution in [0.5, 0.6) is 0 Å². The molecule has 0 fully saturated rings. The van der Waals surface area contributed by atoms with E-state index in [-0.39, 0.29) is 11.7 Å². The molecule has 0 spiro atoms. The number of Topliss-reactive ketones (excluding diaryl/α,β-unsaturated/α-hetero) is 1. The molecule has 2 heteroatoms. The van der Waals surface area contributed by atoms with Crippen molar-refractivity contribution in [1.82, 2.24) is 0 Å². The van der Waals surface area contributed by atoms with E-state index in [1.165, 1.54) is 11.3 Å². The molecule has 0 aliphatic carbocycles. The average Bonchev–Trinajstić information content (AvgIpc) is 2.56. The van der Waals surface area contributed by atoms with Crippen LogP contribution in [-0.2, 0) is 4.79 Å². The number of carbonyl (C=O) groups excluding carboxylic acids is 1. The number of fused-ring (bicyclic) bond motifs is 1. The molecular weight excluding hydrogens is 186 g/mol. The van der Waals surface area contributed by atoms with Crippen molar-refractivity contribution in [2.45, 2.75) is 32.7 Å². The van der Waals surface area contributed by atoms with Crippen LogP contribution >= 0.6 is 0 Å². The lowest BCUT2D eigenvalue weighted by Gasteiger charge is -2.24. The fourth-order valence-electron chi connectivity index (χ4n) is 2.27. The summed E-state index contributed by atoms with van der Waals surface area (Å²) < 4.78 is 0. The molecule has 1 aromatic carbocycles. The number of anilines is 1. The summed E-state index contributed by atoms with van der Waals surface area (Å²) in [5, 5.41) is 0. The number of ketones is 1. The van der Waals surface area contributed by atoms with Crippen LogP contribution in [0.1, 0.15) is 32.3 Å². The molecule has 1 aliphatic heterocycles. The highest BCUT2D eigenvalue weighted by molar-refractivity contribution is 5.88. The van der Waals surface area contributed by atoms with E-state index in [1.54, 1.807) is 6.92 Å². The van der Waals surface area contributed by atoms with Crippen molar-refractivity contribution >= 4 is 11.5 Å². The number of carbonyl (C=O) groups is 1. The third kappa shape index (κ3) is 1.65. The Morgan fingerprint density at radius 2 is 2.07 bits per heavy atom. The van der Waals surface area contributed by atoms with Gasteiger partial charge in [0.25, 0.3) is 0 Å². The summed E-state index contributed by atoms with van der Waals surface area (Å²) in [6.07, 6.45) is 0. The van der Waals surface area contributed by atoms with E-state index in [1.807, 2.05) is 12.1 Å². The standard InChI is InChI=1S/C13H17NO/c1-9(2)14-8-12(10(3)15)11-6-4-5-7-13(11)14/h4-7,9,12H,8H2,1-3H3. The maximum absolute atomic E-state index is 11.6. The second-order valence-corrected chi connectivity index (χ2v) is 4.47. The SMILES string of the molecule is CC(=O)C1CN(C(C)C)c2ccccc21. The highest BCUT2D eigenvalue weighted by Gasteiger charge is 2.31. The average molecular weight is 203 g/mol. The molecule has 1 aromatic rings. The number of hydrogen-bond donors (Lipinski definition) is 0. The summed E-state index contributed by atoms with van der Waals surface area (Å²) in [7, 11) is 0. The molecule has 1 aliphatic rings. The first kappa shape index (κ1) is 10.2. The van der Waals surface area contributed by atoms with Crippen LogP contribution < -0.4 is 4.90 Å². The smallest absolute Gasteiger partial charge is 0.139 e. The fraction of sp³-hybridized carbons (Fsp3) is 0.462. The summed E-state index contributed by atoms with van der Waals surface area (Å²) in [5.74, 6) is 0.342. The van der Waals surface area contributed by atoms with Crippen LogP contribution in [-0.4, -0.2) is 18.4 Å². The molecule has 1 atom stereocenters. The summed E-state index contributed by atoms with van der Waals surface area (Å²) in [6, 6.07) is 8.69. The normalized spacial score (nSPS) is 19.5. The maximum atomic E-state index is 11.6. The summed E-state index contributed by atoms with van der Waals surface area (Å²) in [4.78, 5) is 13.9. The van der Waals surface area contributed by atoms with E-state index in [0.717, 1.165) is 6.54 Å². The zero-order valence-electron chi connectivity index (χ0n) is 9.53. The third-order valence-corrected chi connectivity index (χ3v) is 3.11. The number of benzene rings is 1. The highest BCUT2D eigenvalue weighted by Crippen LogP contribution is 2.37. The van der Waals surface area contributed by atoms with E-state index in [4.69, 9.17) is 0 Å². The Hall–Kier alpha value is -1.31. The first-order valence-electron chi connectivity index (χ1n) is 5.47. The molecule has 0 aromatic heterocycles. The fourth-order valence-corrected chi connectivity index (χ4v) is 2.27. The van der Waals surface area contributed by atoms with Gasteiger partial charge in [0.1, 0.15) is 5.78 Å². The number of para-hydroxylation sites is 1. The lowest BCUT2D eigenvalue weighted by atomic mass is 9.98. The van der Waals surface area contributed by atoms with Gasteiger partial charge in [0.2, 0.25) is 0 Å². The Morgan fingerprint density at radius 1 is 1.40 bits per heavy atom. The van der Waals surface area contributed by atoms with E-state index in [0.29, 0.717) is 6.04 Å². The molecule has 15 heavy (non-hydrogen) atoms. The molecule has 0 saturated heterocycles. The van der Waals surface area contributed by atoms with Gasteiger partial charge < -0.3 is 4.90 Å². The van der Waals surface area contributed by atoms with Crippen molar-refractivity contribution in [2.24, 2.45) is 0 Å². The van der Waals surface area contributed by atoms with Crippen LogP contribution in [0.2, 0.25) is 0 Å². The minimum Gasteiger partial charge on any atom is -0.368 e. The minimum atomic E-state index is 0.0728. The highest BCUT2D eigenvalue weighted by atomic mass is 16.1. The summed E-state index contributed by atoms with van der Waals surface area (Å²) in [5.41, 5.74) is 2.42. The molecule has 1 unspecified atom stereocenters. The van der Waals surface area contributed by atoms with Crippen LogP contribution in [0.4, 0.5) is 5.69 Å². The molecule has 0 saturated carbocycles. The van der Waals surface area contributed by atoms with Gasteiger partial charge in [0.15, 0.2) is 0 Å². The number of rotatable bonds is 2. The summed E-state index contributed by atoms with van der Waals surface area (Å²) >= 11 is 0. The Morgan fingerprint density at radius 3 is 2.67 bits per heavy atom. The molecule has 0 bridgehead atoms. The van der Waals surface area contributed by atoms with Gasteiger partial charge in [-0.25, -0.2) is 0 Å². The van der Waals surface area contributed by atoms with Crippen LogP contribution in [0, 0.1) is 0 Å². The molecule has 0 amide bonds. The van der Waals surface area contributed by atoms with Crippen molar-refractivity contribution < 1.29 is 4.79 Å². The number of nitrogens with zero attached hydrogens (tertiary/aromatic N) is 1. The van der Waals surface area contributed by atoms with Crippen molar-refractivity contribution in [3.63, 3.8) is 0 Å². The van der Waals surface area contributed by atoms with Gasteiger partial charge in [-0.1, -0.05) is 18.2 Å². The van der Waals surface area contributed by atoms with E-state index < -0.39 is 0 Å². The van der Waals surface area contributed by atoms with Gasteiger partial charge in [-0.05, 0) is 32.4 Å². The monoisotopic (exact) mass is 203 g/mol. The lowest BCUT2D eigenvalue weighted by molar-refractivity contribution is -0.118. The van der Waals surface area contributed by atoms with Crippen molar-refractivity contribution in [3.05, 3.63) is 29.8 Å². The molecule has 0 radical (unpaired) electrons. The predicted octanol–water partition coefficient (Wildman–Crippen LogP) is 2.59. The van der Waals surface area contributed by atoms with Gasteiger partial charge in [0, 0.05) is 18.3 Å². The van der Waals surface area contributed by atoms with Crippen molar-refractivity contribution in [3.8, 4) is 0 Å². The Labute approximate surface area is 90.9 Å². The first-order valence-corrected chi connectivity index (χ1v) is 5.47. The van der Waals surface area contributed by atoms with Gasteiger partial charge in [0.05, 0.1) is 5.92 Å². The third-order valence-electron chi connectivity index (χ3n) is 3.11. The maximum Gasteiger partial charge on any atom is 0.139 e. The Bertz CT molecular complexity index is 384. The van der Waals surface area contributed by atoms with E-state index >= 15 is 0 Å². The number of hydrogen-bond acceptors (Lipinski definition) is 2. The molecule has 1 heterocycles. The second kappa shape index (κ2) is 3.69. The van der Waals surface area contributed by atoms with E-state index in [9.17, 15) is 4.79 Å². The van der Waals surface area contributed by atoms with E-state index in [2.05, 4.69) is 30.9 Å². The predicted molar refractivity (Wildman–Crippen MR) is 62.3 cm³/mol. The van der Waals surface area contributed by atoms with Crippen LogP contribution in [0.3, 0.4) is 0 Å². The van der Waals surface area contributed by atoms with Crippen molar-refractivity contribution in [2.75, 3.05) is 11.4 Å². The first-order chi connectivity index (χ1) is 7.11. The lowest BCUT2D eigenvalue weighted by Crippen LogP contribution is -2.30. The Kier molecular flexibility index (Phi) is 2.51. The molecule has 80 valence electrons. The Balaban J connectivity index is 2.44. The van der Waals surface area contributed by atoms with Gasteiger partial charge >= 0.3 is 0 Å². The molecule has 2 nitrogen and oxygen atoms in total. The van der Waals surface area contributed by atoms with Crippen LogP contribution in [0.25, 0.3) is 0 Å². The topological polar surface area (TPSA) is 20.3 Å². The van der Waals surface area contributed by atoms with Crippen LogP contribution in [0.15, 0.2) is 24.3 Å². The van der Waals surface area contributed by atoms with Gasteiger partial charge in [-0.15, -0.1) is 0 Å². The quantitative estimate of drug-likeness (QED) is 0.736. The largest absolute Gasteiger partial charge is 0.368 e. The zero-order valence-corrected chi connectivity index (χ0v) is 9.53. The van der Waals surface area contributed by atoms with Crippen molar-refractivity contribution in [1.29, 1.82) is 0 Å². The molecule has 0 N–H and O–H groups in total. The minimum absolute atomic E-state index is 0.0728. The summed E-state index contributed by atoms with van der Waals surface area (Å²) in [6.45, 7) is 6.86. The molecule has 2 rings (SSSR count). The molecular formula is C13H17NO. The van der Waals surface area contributed by atoms with Gasteiger partial charge in [-0.2, -0.15) is 0 Å². The second-order valence-electron chi connectivity index (χ2n) is 4.47. The van der Waals surface area contributed by atoms with Gasteiger partial charge in [-0.3, -0.25) is 4.79 Å². The zero-order chi connectivity index (χ0) is 11.0.